The van der Waals surface area contributed by atoms with Crippen molar-refractivity contribution in [3.8, 4) is 0 Å². The zero-order valence-electron chi connectivity index (χ0n) is 18.0. The summed E-state index contributed by atoms with van der Waals surface area (Å²) in [5.41, 5.74) is 0.419. The molecule has 0 bridgehead atoms. The van der Waals surface area contributed by atoms with Crippen molar-refractivity contribution in [3.05, 3.63) is 47.0 Å². The Morgan fingerprint density at radius 2 is 1.91 bits per heavy atom. The predicted molar refractivity (Wildman–Crippen MR) is 120 cm³/mol. The fraction of sp³-hybridized carbons (Fsp3) is 0.478. The smallest absolute Gasteiger partial charge is 0.275 e. The Hall–Kier alpha value is -2.94. The number of aromatic nitrogens is 2. The van der Waals surface area contributed by atoms with Crippen LogP contribution in [0.3, 0.4) is 0 Å². The molecule has 5 rings (SSSR count). The zero-order valence-corrected chi connectivity index (χ0v) is 18.8. The molecule has 2 saturated heterocycles. The molecule has 1 saturated carbocycles. The molecule has 3 fully saturated rings. The second-order valence-electron chi connectivity index (χ2n) is 9.12. The first-order chi connectivity index (χ1) is 15.9. The molecule has 10 heteroatoms. The van der Waals surface area contributed by atoms with Crippen LogP contribution >= 0.6 is 11.6 Å². The summed E-state index contributed by atoms with van der Waals surface area (Å²) in [7, 11) is 0. The molecular formula is C23H25ClFN5O3. The number of aromatic amines is 1. The second kappa shape index (κ2) is 8.44. The van der Waals surface area contributed by atoms with Gasteiger partial charge in [0.25, 0.3) is 11.8 Å². The third-order valence-corrected chi connectivity index (χ3v) is 7.45. The Bertz CT molecular complexity index is 1090. The van der Waals surface area contributed by atoms with Crippen LogP contribution in [0.5, 0.6) is 0 Å². The Morgan fingerprint density at radius 3 is 2.61 bits per heavy atom. The molecule has 3 aliphatic rings. The van der Waals surface area contributed by atoms with Crippen LogP contribution in [-0.2, 0) is 4.79 Å². The number of likely N-dealkylation sites (tertiary alicyclic amines) is 1. The summed E-state index contributed by atoms with van der Waals surface area (Å²) in [6.45, 7) is 0.683. The second-order valence-corrected chi connectivity index (χ2v) is 9.53. The van der Waals surface area contributed by atoms with E-state index in [2.05, 4.69) is 15.3 Å². The van der Waals surface area contributed by atoms with Gasteiger partial charge < -0.3 is 20.1 Å². The molecule has 0 unspecified atom stereocenters. The predicted octanol–water partition coefficient (Wildman–Crippen LogP) is 2.95. The van der Waals surface area contributed by atoms with E-state index in [1.54, 1.807) is 11.0 Å². The van der Waals surface area contributed by atoms with Gasteiger partial charge in [-0.15, -0.1) is 0 Å². The SMILES string of the molecule is O=C(NC1CCC2(CC1)CCN(c1ccccc1Cl)C2=O)c1[nH]cnc1C(=O)N1CC(F)C1. The molecule has 3 amide bonds. The number of hydrogen-bond donors (Lipinski definition) is 2. The molecule has 2 aromatic rings. The number of carbonyl (C=O) groups excluding carboxylic acids is 3. The number of amides is 3. The highest BCUT2D eigenvalue weighted by Crippen LogP contribution is 2.47. The molecule has 1 aromatic heterocycles. The van der Waals surface area contributed by atoms with E-state index in [0.717, 1.165) is 12.1 Å². The lowest BCUT2D eigenvalue weighted by atomic mass is 9.71. The van der Waals surface area contributed by atoms with E-state index in [1.165, 1.54) is 11.2 Å². The maximum Gasteiger partial charge on any atom is 0.275 e. The Labute approximate surface area is 195 Å². The van der Waals surface area contributed by atoms with Crippen LogP contribution in [0.15, 0.2) is 30.6 Å². The fourth-order valence-electron chi connectivity index (χ4n) is 5.13. The van der Waals surface area contributed by atoms with Gasteiger partial charge in [-0.05, 0) is 44.2 Å². The van der Waals surface area contributed by atoms with Crippen molar-refractivity contribution in [2.45, 2.75) is 44.3 Å². The number of H-pyrrole nitrogens is 1. The standard InChI is InChI=1S/C23H25ClFN5O3/c24-16-3-1-2-4-17(16)30-10-9-23(22(30)33)7-5-15(6-8-23)28-20(31)18-19(27-13-26-18)21(32)29-11-14(25)12-29/h1-4,13-15H,5-12H2,(H,26,27)(H,28,31). The van der Waals surface area contributed by atoms with Crippen molar-refractivity contribution in [2.75, 3.05) is 24.5 Å². The Balaban J connectivity index is 1.20. The molecule has 0 atom stereocenters. The van der Waals surface area contributed by atoms with Crippen LogP contribution in [0.4, 0.5) is 10.1 Å². The number of anilines is 1. The van der Waals surface area contributed by atoms with Crippen LogP contribution in [0, 0.1) is 5.41 Å². The van der Waals surface area contributed by atoms with Crippen molar-refractivity contribution in [2.24, 2.45) is 5.41 Å². The third-order valence-electron chi connectivity index (χ3n) is 7.13. The van der Waals surface area contributed by atoms with Gasteiger partial charge in [-0.25, -0.2) is 9.37 Å². The first kappa shape index (κ1) is 21.9. The lowest BCUT2D eigenvalue weighted by Crippen LogP contribution is -2.52. The van der Waals surface area contributed by atoms with Gasteiger partial charge in [-0.1, -0.05) is 23.7 Å². The number of nitrogens with one attached hydrogen (secondary N) is 2. The van der Waals surface area contributed by atoms with Gasteiger partial charge in [0.2, 0.25) is 5.91 Å². The molecule has 1 aromatic carbocycles. The highest BCUT2D eigenvalue weighted by atomic mass is 35.5. The number of imidazole rings is 1. The molecule has 3 heterocycles. The zero-order chi connectivity index (χ0) is 23.2. The van der Waals surface area contributed by atoms with E-state index >= 15 is 0 Å². The van der Waals surface area contributed by atoms with Gasteiger partial charge in [0.1, 0.15) is 11.9 Å². The highest BCUT2D eigenvalue weighted by Gasteiger charge is 2.49. The molecule has 1 spiro atoms. The lowest BCUT2D eigenvalue weighted by Gasteiger charge is -2.36. The largest absolute Gasteiger partial charge is 0.348 e. The fourth-order valence-corrected chi connectivity index (χ4v) is 5.36. The van der Waals surface area contributed by atoms with Gasteiger partial charge in [-0.3, -0.25) is 14.4 Å². The van der Waals surface area contributed by atoms with E-state index in [1.807, 2.05) is 18.2 Å². The summed E-state index contributed by atoms with van der Waals surface area (Å²) < 4.78 is 13.1. The molecular weight excluding hydrogens is 449 g/mol. The first-order valence-electron chi connectivity index (χ1n) is 11.2. The normalized spacial score (nSPS) is 25.4. The van der Waals surface area contributed by atoms with E-state index in [4.69, 9.17) is 11.6 Å². The molecule has 2 N–H and O–H groups in total. The van der Waals surface area contributed by atoms with E-state index < -0.39 is 23.4 Å². The van der Waals surface area contributed by atoms with Crippen molar-refractivity contribution in [1.29, 1.82) is 0 Å². The third kappa shape index (κ3) is 3.88. The molecule has 33 heavy (non-hydrogen) atoms. The summed E-state index contributed by atoms with van der Waals surface area (Å²) in [4.78, 5) is 48.4. The van der Waals surface area contributed by atoms with Crippen LogP contribution in [0.2, 0.25) is 5.02 Å². The van der Waals surface area contributed by atoms with Crippen LogP contribution in [0.25, 0.3) is 0 Å². The Morgan fingerprint density at radius 1 is 1.18 bits per heavy atom. The van der Waals surface area contributed by atoms with Gasteiger partial charge in [-0.2, -0.15) is 0 Å². The monoisotopic (exact) mass is 473 g/mol. The molecule has 0 radical (unpaired) electrons. The van der Waals surface area contributed by atoms with Crippen LogP contribution in [-0.4, -0.2) is 64.4 Å². The summed E-state index contributed by atoms with van der Waals surface area (Å²) >= 11 is 6.31. The van der Waals surface area contributed by atoms with Gasteiger partial charge in [0.15, 0.2) is 5.69 Å². The summed E-state index contributed by atoms with van der Waals surface area (Å²) in [6.07, 6.45) is 3.73. The number of para-hydroxylation sites is 1. The summed E-state index contributed by atoms with van der Waals surface area (Å²) in [5, 5.41) is 3.54. The van der Waals surface area contributed by atoms with Gasteiger partial charge >= 0.3 is 0 Å². The number of nitrogens with zero attached hydrogens (tertiary/aromatic N) is 3. The molecule has 2 aliphatic heterocycles. The minimum absolute atomic E-state index is 0.00744. The Kier molecular flexibility index (Phi) is 5.60. The molecule has 8 nitrogen and oxygen atoms in total. The lowest BCUT2D eigenvalue weighted by molar-refractivity contribution is -0.127. The van der Waals surface area contributed by atoms with Crippen molar-refractivity contribution < 1.29 is 18.8 Å². The quantitative estimate of drug-likeness (QED) is 0.713. The maximum absolute atomic E-state index is 13.3. The topological polar surface area (TPSA) is 98.4 Å². The van der Waals surface area contributed by atoms with Crippen molar-refractivity contribution >= 4 is 35.0 Å². The summed E-state index contributed by atoms with van der Waals surface area (Å²) in [5.74, 6) is -0.763. The van der Waals surface area contributed by atoms with E-state index in [0.29, 0.717) is 37.3 Å². The van der Waals surface area contributed by atoms with Crippen molar-refractivity contribution in [3.63, 3.8) is 0 Å². The number of carbonyl (C=O) groups is 3. The summed E-state index contributed by atoms with van der Waals surface area (Å²) in [6, 6.07) is 7.26. The maximum atomic E-state index is 13.3. The van der Waals surface area contributed by atoms with Gasteiger partial charge in [0.05, 0.1) is 35.5 Å². The van der Waals surface area contributed by atoms with Crippen molar-refractivity contribution in [1.82, 2.24) is 20.2 Å². The van der Waals surface area contributed by atoms with Crippen LogP contribution < -0.4 is 10.2 Å². The number of rotatable bonds is 4. The molecule has 1 aliphatic carbocycles. The van der Waals surface area contributed by atoms with Gasteiger partial charge in [0, 0.05) is 12.6 Å². The minimum Gasteiger partial charge on any atom is -0.348 e. The first-order valence-corrected chi connectivity index (χ1v) is 11.6. The number of halogens is 2. The average molecular weight is 474 g/mol. The number of benzene rings is 1. The van der Waals surface area contributed by atoms with Crippen LogP contribution in [0.1, 0.15) is 53.1 Å². The number of hydrogen-bond acceptors (Lipinski definition) is 4. The van der Waals surface area contributed by atoms with E-state index in [-0.39, 0.29) is 36.4 Å². The van der Waals surface area contributed by atoms with E-state index in [9.17, 15) is 18.8 Å². The number of alkyl halides is 1. The average Bonchev–Trinajstić information content (AvgIpc) is 3.39. The highest BCUT2D eigenvalue weighted by molar-refractivity contribution is 6.34. The molecule has 174 valence electrons. The minimum atomic E-state index is -1.02.